The quantitative estimate of drug-likeness (QED) is 0.532. The number of carbonyl (C=O) groups excluding carboxylic acids is 1. The molecule has 0 radical (unpaired) electrons. The molecule has 0 aromatic heterocycles. The molecule has 0 aliphatic rings. The Morgan fingerprint density at radius 3 is 1.93 bits per heavy atom. The van der Waals surface area contributed by atoms with Gasteiger partial charge in [-0.2, -0.15) is 0 Å². The fourth-order valence-corrected chi connectivity index (χ4v) is 0.381. The van der Waals surface area contributed by atoms with Crippen LogP contribution < -0.4 is 0 Å². The molecule has 0 heterocycles. The second-order valence-electron chi connectivity index (χ2n) is 2.23. The number of carboxylic acid groups (broad SMARTS) is 1. The summed E-state index contributed by atoms with van der Waals surface area (Å²) in [5, 5.41) is 24.3. The minimum absolute atomic E-state index is 0.273. The van der Waals surface area contributed by atoms with E-state index < -0.39 is 24.6 Å². The number of aliphatic hydroxyl groups is 2. The summed E-state index contributed by atoms with van der Waals surface area (Å²) >= 11 is 0. The van der Waals surface area contributed by atoms with Crippen molar-refractivity contribution in [1.82, 2.24) is 0 Å². The molecule has 6 heteroatoms. The van der Waals surface area contributed by atoms with Gasteiger partial charge in [-0.05, 0) is 13.3 Å². The van der Waals surface area contributed by atoms with Crippen LogP contribution in [0.1, 0.15) is 20.3 Å². The highest BCUT2D eigenvalue weighted by Gasteiger charge is 2.07. The van der Waals surface area contributed by atoms with Gasteiger partial charge in [-0.15, -0.1) is 0 Å². The molecule has 0 amide bonds. The van der Waals surface area contributed by atoms with Crippen LogP contribution in [0.25, 0.3) is 0 Å². The number of carboxylic acids is 1. The first-order valence-electron chi connectivity index (χ1n) is 4.16. The van der Waals surface area contributed by atoms with Gasteiger partial charge in [0.15, 0.2) is 6.10 Å². The SMILES string of the molecule is CCC(O)C(=O)O.CCOC(=O)CO. The number of hydrogen-bond donors (Lipinski definition) is 3. The Morgan fingerprint density at radius 1 is 1.36 bits per heavy atom. The number of esters is 1. The summed E-state index contributed by atoms with van der Waals surface area (Å²) in [6.07, 6.45) is -0.907. The molecule has 6 nitrogen and oxygen atoms in total. The van der Waals surface area contributed by atoms with Crippen LogP contribution >= 0.6 is 0 Å². The highest BCUT2D eigenvalue weighted by Crippen LogP contribution is 1.86. The van der Waals surface area contributed by atoms with Crippen molar-refractivity contribution in [3.8, 4) is 0 Å². The van der Waals surface area contributed by atoms with Gasteiger partial charge in [-0.3, -0.25) is 0 Å². The van der Waals surface area contributed by atoms with Crippen molar-refractivity contribution in [3.63, 3.8) is 0 Å². The summed E-state index contributed by atoms with van der Waals surface area (Å²) < 4.78 is 4.30. The Hall–Kier alpha value is -1.14. The van der Waals surface area contributed by atoms with Crippen LogP contribution in [0.4, 0.5) is 0 Å². The van der Waals surface area contributed by atoms with Crippen molar-refractivity contribution < 1.29 is 29.6 Å². The second-order valence-corrected chi connectivity index (χ2v) is 2.23. The lowest BCUT2D eigenvalue weighted by molar-refractivity contribution is -0.147. The molecular formula is C8H16O6. The van der Waals surface area contributed by atoms with Crippen LogP contribution in [-0.2, 0) is 14.3 Å². The average Bonchev–Trinajstić information content (AvgIpc) is 2.17. The van der Waals surface area contributed by atoms with E-state index in [0.29, 0.717) is 6.61 Å². The van der Waals surface area contributed by atoms with Crippen LogP contribution in [-0.4, -0.2) is 46.6 Å². The van der Waals surface area contributed by atoms with Gasteiger partial charge < -0.3 is 20.1 Å². The standard InChI is InChI=1S/2C4H8O3/c1-2-7-4(6)3-5;1-2-3(5)4(6)7/h5H,2-3H2,1H3;3,5H,2H2,1H3,(H,6,7). The first-order chi connectivity index (χ1) is 6.49. The zero-order valence-corrected chi connectivity index (χ0v) is 8.27. The highest BCUT2D eigenvalue weighted by atomic mass is 16.5. The molecule has 0 bridgehead atoms. The van der Waals surface area contributed by atoms with E-state index >= 15 is 0 Å². The smallest absolute Gasteiger partial charge is 0.332 e. The van der Waals surface area contributed by atoms with Gasteiger partial charge in [-0.25, -0.2) is 9.59 Å². The van der Waals surface area contributed by atoms with Gasteiger partial charge in [0.2, 0.25) is 0 Å². The molecular weight excluding hydrogens is 192 g/mol. The molecule has 0 aliphatic carbocycles. The molecule has 0 aliphatic heterocycles. The number of aliphatic carboxylic acids is 1. The van der Waals surface area contributed by atoms with Gasteiger partial charge >= 0.3 is 11.9 Å². The molecule has 0 fully saturated rings. The largest absolute Gasteiger partial charge is 0.479 e. The first kappa shape index (κ1) is 15.3. The molecule has 0 saturated heterocycles. The molecule has 14 heavy (non-hydrogen) atoms. The summed E-state index contributed by atoms with van der Waals surface area (Å²) in [6, 6.07) is 0. The lowest BCUT2D eigenvalue weighted by Crippen LogP contribution is -2.17. The van der Waals surface area contributed by atoms with Gasteiger partial charge in [0.05, 0.1) is 6.61 Å². The molecule has 0 rings (SSSR count). The van der Waals surface area contributed by atoms with Gasteiger partial charge in [0.1, 0.15) is 6.61 Å². The molecule has 0 spiro atoms. The van der Waals surface area contributed by atoms with Crippen LogP contribution in [0.5, 0.6) is 0 Å². The van der Waals surface area contributed by atoms with Crippen LogP contribution in [0.2, 0.25) is 0 Å². The topological polar surface area (TPSA) is 104 Å². The van der Waals surface area contributed by atoms with Crippen molar-refractivity contribution in [2.24, 2.45) is 0 Å². The monoisotopic (exact) mass is 208 g/mol. The van der Waals surface area contributed by atoms with Crippen LogP contribution in [0.3, 0.4) is 0 Å². The maximum Gasteiger partial charge on any atom is 0.332 e. The van der Waals surface area contributed by atoms with E-state index in [1.807, 2.05) is 0 Å². The molecule has 3 N–H and O–H groups in total. The Kier molecular flexibility index (Phi) is 10.9. The second kappa shape index (κ2) is 9.94. The van der Waals surface area contributed by atoms with Crippen molar-refractivity contribution >= 4 is 11.9 Å². The van der Waals surface area contributed by atoms with Gasteiger partial charge in [0, 0.05) is 0 Å². The predicted molar refractivity (Wildman–Crippen MR) is 47.7 cm³/mol. The normalized spacial score (nSPS) is 10.9. The fourth-order valence-electron chi connectivity index (χ4n) is 0.381. The summed E-state index contributed by atoms with van der Waals surface area (Å²) in [4.78, 5) is 19.6. The number of hydrogen-bond acceptors (Lipinski definition) is 5. The van der Waals surface area contributed by atoms with Crippen LogP contribution in [0, 0.1) is 0 Å². The van der Waals surface area contributed by atoms with Gasteiger partial charge in [-0.1, -0.05) is 6.92 Å². The fraction of sp³-hybridized carbons (Fsp3) is 0.750. The Labute approximate surface area is 82.1 Å². The average molecular weight is 208 g/mol. The zero-order chi connectivity index (χ0) is 11.6. The summed E-state index contributed by atoms with van der Waals surface area (Å²) in [7, 11) is 0. The third-order valence-corrected chi connectivity index (χ3v) is 1.11. The van der Waals surface area contributed by atoms with Crippen molar-refractivity contribution in [3.05, 3.63) is 0 Å². The van der Waals surface area contributed by atoms with E-state index in [9.17, 15) is 9.59 Å². The first-order valence-corrected chi connectivity index (χ1v) is 4.16. The minimum Gasteiger partial charge on any atom is -0.479 e. The number of ether oxygens (including phenoxy) is 1. The van der Waals surface area contributed by atoms with E-state index in [1.54, 1.807) is 13.8 Å². The molecule has 0 aromatic carbocycles. The van der Waals surface area contributed by atoms with E-state index in [2.05, 4.69) is 4.74 Å². The van der Waals surface area contributed by atoms with E-state index in [4.69, 9.17) is 15.3 Å². The van der Waals surface area contributed by atoms with Gasteiger partial charge in [0.25, 0.3) is 0 Å². The summed E-state index contributed by atoms with van der Waals surface area (Å²) in [5.41, 5.74) is 0. The maximum atomic E-state index is 9.94. The van der Waals surface area contributed by atoms with Crippen molar-refractivity contribution in [1.29, 1.82) is 0 Å². The Morgan fingerprint density at radius 2 is 1.86 bits per heavy atom. The number of rotatable bonds is 4. The molecule has 0 saturated carbocycles. The minimum atomic E-state index is -1.18. The molecule has 1 atom stereocenters. The molecule has 0 aromatic rings. The molecule has 1 unspecified atom stereocenters. The number of carbonyl (C=O) groups is 2. The zero-order valence-electron chi connectivity index (χ0n) is 8.27. The van der Waals surface area contributed by atoms with Crippen LogP contribution in [0.15, 0.2) is 0 Å². The van der Waals surface area contributed by atoms with Crippen molar-refractivity contribution in [2.45, 2.75) is 26.4 Å². The maximum absolute atomic E-state index is 9.94. The Bertz CT molecular complexity index is 165. The lowest BCUT2D eigenvalue weighted by Gasteiger charge is -1.95. The number of aliphatic hydroxyl groups excluding tert-OH is 2. The predicted octanol–water partition coefficient (Wildman–Crippen LogP) is -0.616. The highest BCUT2D eigenvalue weighted by molar-refractivity contribution is 5.71. The molecule has 84 valence electrons. The third kappa shape index (κ3) is 10.9. The van der Waals surface area contributed by atoms with E-state index in [1.165, 1.54) is 0 Å². The van der Waals surface area contributed by atoms with E-state index in [0.717, 1.165) is 0 Å². The Balaban J connectivity index is 0. The van der Waals surface area contributed by atoms with E-state index in [-0.39, 0.29) is 6.42 Å². The lowest BCUT2D eigenvalue weighted by atomic mass is 10.3. The third-order valence-electron chi connectivity index (χ3n) is 1.11. The summed E-state index contributed by atoms with van der Waals surface area (Å²) in [5.74, 6) is -1.72. The van der Waals surface area contributed by atoms with Crippen molar-refractivity contribution in [2.75, 3.05) is 13.2 Å². The summed E-state index contributed by atoms with van der Waals surface area (Å²) in [6.45, 7) is 3.11.